The number of carbonyl (C=O) groups is 2. The molecule has 3 N–H and O–H groups in total. The Bertz CT molecular complexity index is 681. The molecule has 2 amide bonds. The van der Waals surface area contributed by atoms with Crippen molar-refractivity contribution < 1.29 is 14.3 Å². The van der Waals surface area contributed by atoms with Crippen molar-refractivity contribution in [3.63, 3.8) is 0 Å². The predicted molar refractivity (Wildman–Crippen MR) is 80.6 cm³/mol. The number of aryl methyl sites for hydroxylation is 1. The summed E-state index contributed by atoms with van der Waals surface area (Å²) in [6, 6.07) is 12.1. The molecule has 21 heavy (non-hydrogen) atoms. The minimum Gasteiger partial charge on any atom is -0.496 e. The van der Waals surface area contributed by atoms with Crippen LogP contribution in [0.2, 0.25) is 0 Å². The summed E-state index contributed by atoms with van der Waals surface area (Å²) in [6.45, 7) is 1.78. The van der Waals surface area contributed by atoms with E-state index in [1.807, 2.05) is 6.07 Å². The van der Waals surface area contributed by atoms with Crippen LogP contribution in [0.15, 0.2) is 42.5 Å². The lowest BCUT2D eigenvalue weighted by atomic mass is 10.1. The van der Waals surface area contributed by atoms with Crippen LogP contribution in [0, 0.1) is 6.92 Å². The molecule has 0 spiro atoms. The van der Waals surface area contributed by atoms with Crippen LogP contribution in [0.4, 0.5) is 5.69 Å². The second kappa shape index (κ2) is 6.09. The molecule has 5 nitrogen and oxygen atoms in total. The Morgan fingerprint density at radius 2 is 1.81 bits per heavy atom. The Morgan fingerprint density at radius 1 is 1.14 bits per heavy atom. The molecule has 0 aromatic heterocycles. The van der Waals surface area contributed by atoms with Crippen molar-refractivity contribution in [1.82, 2.24) is 0 Å². The van der Waals surface area contributed by atoms with E-state index in [-0.39, 0.29) is 11.5 Å². The molecule has 0 aliphatic rings. The van der Waals surface area contributed by atoms with E-state index in [1.165, 1.54) is 7.11 Å². The van der Waals surface area contributed by atoms with Crippen LogP contribution in [0.3, 0.4) is 0 Å². The largest absolute Gasteiger partial charge is 0.496 e. The number of anilines is 1. The Kier molecular flexibility index (Phi) is 4.23. The van der Waals surface area contributed by atoms with E-state index >= 15 is 0 Å². The normalized spacial score (nSPS) is 10.0. The third-order valence-electron chi connectivity index (χ3n) is 3.10. The maximum atomic E-state index is 12.1. The first kappa shape index (κ1) is 14.6. The summed E-state index contributed by atoms with van der Waals surface area (Å²) in [7, 11) is 1.44. The number of hydrogen-bond acceptors (Lipinski definition) is 3. The van der Waals surface area contributed by atoms with Crippen molar-refractivity contribution in [3.05, 3.63) is 59.2 Å². The molecule has 0 radical (unpaired) electrons. The van der Waals surface area contributed by atoms with Crippen molar-refractivity contribution in [3.8, 4) is 5.75 Å². The van der Waals surface area contributed by atoms with Crippen LogP contribution in [0.25, 0.3) is 0 Å². The van der Waals surface area contributed by atoms with Crippen molar-refractivity contribution in [2.45, 2.75) is 6.92 Å². The van der Waals surface area contributed by atoms with Gasteiger partial charge in [-0.05, 0) is 30.7 Å². The summed E-state index contributed by atoms with van der Waals surface area (Å²) in [6.07, 6.45) is 0. The number of methoxy groups -OCH3 is 1. The van der Waals surface area contributed by atoms with Crippen molar-refractivity contribution in [2.75, 3.05) is 12.4 Å². The summed E-state index contributed by atoms with van der Waals surface area (Å²) in [5, 5.41) is 2.80. The Hall–Kier alpha value is -2.82. The van der Waals surface area contributed by atoms with Gasteiger partial charge in [0.15, 0.2) is 0 Å². The highest BCUT2D eigenvalue weighted by molar-refractivity contribution is 6.05. The van der Waals surface area contributed by atoms with E-state index in [2.05, 4.69) is 5.32 Å². The number of nitrogens with two attached hydrogens (primary N) is 1. The number of carbonyl (C=O) groups excluding carboxylic acids is 2. The minimum absolute atomic E-state index is 0.229. The molecule has 0 saturated heterocycles. The zero-order valence-electron chi connectivity index (χ0n) is 11.8. The SMILES string of the molecule is COc1cc(NC(=O)c2ccccc2)c(C)cc1C(N)=O. The number of nitrogens with one attached hydrogen (secondary N) is 1. The highest BCUT2D eigenvalue weighted by Crippen LogP contribution is 2.27. The summed E-state index contributed by atoms with van der Waals surface area (Å²) in [5.41, 5.74) is 7.44. The van der Waals surface area contributed by atoms with Gasteiger partial charge in [-0.15, -0.1) is 0 Å². The molecule has 0 fully saturated rings. The summed E-state index contributed by atoms with van der Waals surface area (Å²) in [4.78, 5) is 23.5. The van der Waals surface area contributed by atoms with Gasteiger partial charge in [-0.25, -0.2) is 0 Å². The molecule has 0 aliphatic carbocycles. The smallest absolute Gasteiger partial charge is 0.255 e. The zero-order chi connectivity index (χ0) is 15.4. The minimum atomic E-state index is -0.573. The van der Waals surface area contributed by atoms with Gasteiger partial charge in [0.1, 0.15) is 5.75 Å². The number of primary amides is 1. The predicted octanol–water partition coefficient (Wildman–Crippen LogP) is 2.35. The van der Waals surface area contributed by atoms with E-state index in [0.717, 1.165) is 5.56 Å². The lowest BCUT2D eigenvalue weighted by Crippen LogP contribution is -2.16. The number of hydrogen-bond donors (Lipinski definition) is 2. The average Bonchev–Trinajstić information content (AvgIpc) is 2.49. The van der Waals surface area contributed by atoms with E-state index in [9.17, 15) is 9.59 Å². The summed E-state index contributed by atoms with van der Waals surface area (Å²) in [5.74, 6) is -0.472. The van der Waals surface area contributed by atoms with Crippen LogP contribution in [0.1, 0.15) is 26.3 Å². The third kappa shape index (κ3) is 3.20. The fourth-order valence-electron chi connectivity index (χ4n) is 1.97. The molecule has 0 unspecified atom stereocenters. The van der Waals surface area contributed by atoms with Gasteiger partial charge in [-0.1, -0.05) is 18.2 Å². The van der Waals surface area contributed by atoms with Crippen molar-refractivity contribution in [2.24, 2.45) is 5.73 Å². The van der Waals surface area contributed by atoms with Crippen LogP contribution in [-0.2, 0) is 0 Å². The molecule has 0 bridgehead atoms. The number of ether oxygens (including phenoxy) is 1. The summed E-state index contributed by atoms with van der Waals surface area (Å²) < 4.78 is 5.14. The number of amides is 2. The van der Waals surface area contributed by atoms with E-state index < -0.39 is 5.91 Å². The average molecular weight is 284 g/mol. The molecule has 0 atom stereocenters. The van der Waals surface area contributed by atoms with Gasteiger partial charge >= 0.3 is 0 Å². The van der Waals surface area contributed by atoms with Gasteiger partial charge in [0.05, 0.1) is 12.7 Å². The summed E-state index contributed by atoms with van der Waals surface area (Å²) >= 11 is 0. The topological polar surface area (TPSA) is 81.4 Å². The maximum Gasteiger partial charge on any atom is 0.255 e. The number of benzene rings is 2. The fourth-order valence-corrected chi connectivity index (χ4v) is 1.97. The lowest BCUT2D eigenvalue weighted by Gasteiger charge is -2.13. The zero-order valence-corrected chi connectivity index (χ0v) is 11.8. The van der Waals surface area contributed by atoms with Gasteiger partial charge in [-0.2, -0.15) is 0 Å². The lowest BCUT2D eigenvalue weighted by molar-refractivity contribution is 0.0995. The van der Waals surface area contributed by atoms with Gasteiger partial charge in [0.2, 0.25) is 0 Å². The molecule has 0 heterocycles. The molecular weight excluding hydrogens is 268 g/mol. The second-order valence-electron chi connectivity index (χ2n) is 4.55. The molecule has 2 rings (SSSR count). The molecule has 2 aromatic carbocycles. The molecule has 108 valence electrons. The van der Waals surface area contributed by atoms with E-state index in [1.54, 1.807) is 43.3 Å². The molecule has 0 saturated carbocycles. The van der Waals surface area contributed by atoms with E-state index in [4.69, 9.17) is 10.5 Å². The van der Waals surface area contributed by atoms with Gasteiger partial charge in [-0.3, -0.25) is 9.59 Å². The van der Waals surface area contributed by atoms with Crippen LogP contribution < -0.4 is 15.8 Å². The van der Waals surface area contributed by atoms with Gasteiger partial charge in [0.25, 0.3) is 11.8 Å². The molecule has 5 heteroatoms. The standard InChI is InChI=1S/C16H16N2O3/c1-10-8-12(15(17)19)14(21-2)9-13(10)18-16(20)11-6-4-3-5-7-11/h3-9H,1-2H3,(H2,17,19)(H,18,20). The van der Waals surface area contributed by atoms with E-state index in [0.29, 0.717) is 17.0 Å². The van der Waals surface area contributed by atoms with Gasteiger partial charge in [0, 0.05) is 17.3 Å². The molecule has 0 aliphatic heterocycles. The Labute approximate surface area is 122 Å². The third-order valence-corrected chi connectivity index (χ3v) is 3.10. The van der Waals surface area contributed by atoms with Gasteiger partial charge < -0.3 is 15.8 Å². The van der Waals surface area contributed by atoms with Crippen molar-refractivity contribution >= 4 is 17.5 Å². The van der Waals surface area contributed by atoms with Crippen LogP contribution >= 0.6 is 0 Å². The Morgan fingerprint density at radius 3 is 2.38 bits per heavy atom. The maximum absolute atomic E-state index is 12.1. The fraction of sp³-hybridized carbons (Fsp3) is 0.125. The van der Waals surface area contributed by atoms with Crippen LogP contribution in [-0.4, -0.2) is 18.9 Å². The molecule has 2 aromatic rings. The quantitative estimate of drug-likeness (QED) is 0.904. The molecular formula is C16H16N2O3. The van der Waals surface area contributed by atoms with Crippen LogP contribution in [0.5, 0.6) is 5.75 Å². The van der Waals surface area contributed by atoms with Crippen molar-refractivity contribution in [1.29, 1.82) is 0 Å². The first-order chi connectivity index (χ1) is 10.0. The first-order valence-electron chi connectivity index (χ1n) is 6.37. The highest BCUT2D eigenvalue weighted by atomic mass is 16.5. The first-order valence-corrected chi connectivity index (χ1v) is 6.37. The second-order valence-corrected chi connectivity index (χ2v) is 4.55. The number of rotatable bonds is 4. The monoisotopic (exact) mass is 284 g/mol. The highest BCUT2D eigenvalue weighted by Gasteiger charge is 2.14. The Balaban J connectivity index is 2.33.